The Morgan fingerprint density at radius 3 is 2.57 bits per heavy atom. The molecule has 0 saturated carbocycles. The first kappa shape index (κ1) is 25.9. The fourth-order valence-corrected chi connectivity index (χ4v) is 4.69. The number of carbonyl (C=O) groups is 2. The number of nitrogens with zero attached hydrogens (tertiary/aromatic N) is 4. The zero-order valence-corrected chi connectivity index (χ0v) is 21.9. The van der Waals surface area contributed by atoms with E-state index in [2.05, 4.69) is 34.5 Å². The van der Waals surface area contributed by atoms with Gasteiger partial charge in [0.25, 0.3) is 11.8 Å². The number of hydrogen-bond donors (Lipinski definition) is 1. The van der Waals surface area contributed by atoms with Crippen LogP contribution < -0.4 is 10.1 Å². The second-order valence-electron chi connectivity index (χ2n) is 9.29. The first-order chi connectivity index (χ1) is 17.8. The van der Waals surface area contributed by atoms with E-state index in [1.54, 1.807) is 27.8 Å². The van der Waals surface area contributed by atoms with Gasteiger partial charge in [-0.15, -0.1) is 0 Å². The zero-order valence-electron chi connectivity index (χ0n) is 21.9. The number of fused-ring (bicyclic) bond motifs is 1. The highest BCUT2D eigenvalue weighted by Crippen LogP contribution is 2.27. The third-order valence-electron chi connectivity index (χ3n) is 6.82. The van der Waals surface area contributed by atoms with Crippen LogP contribution in [0, 0.1) is 6.92 Å². The molecule has 0 aliphatic rings. The monoisotopic (exact) mass is 499 g/mol. The number of aromatic nitrogens is 3. The van der Waals surface area contributed by atoms with Crippen molar-refractivity contribution < 1.29 is 14.3 Å². The highest BCUT2D eigenvalue weighted by molar-refractivity contribution is 6.05. The summed E-state index contributed by atoms with van der Waals surface area (Å²) in [6.45, 7) is 4.49. The van der Waals surface area contributed by atoms with Crippen molar-refractivity contribution in [2.75, 3.05) is 20.7 Å². The van der Waals surface area contributed by atoms with Gasteiger partial charge in [0.2, 0.25) is 5.88 Å². The van der Waals surface area contributed by atoms with Gasteiger partial charge in [-0.2, -0.15) is 5.10 Å². The second kappa shape index (κ2) is 11.2. The van der Waals surface area contributed by atoms with E-state index in [9.17, 15) is 9.59 Å². The number of benzene rings is 2. The van der Waals surface area contributed by atoms with Gasteiger partial charge in [-0.1, -0.05) is 55.0 Å². The van der Waals surface area contributed by atoms with Crippen molar-refractivity contribution in [3.8, 4) is 5.88 Å². The quantitative estimate of drug-likeness (QED) is 0.370. The number of rotatable bonds is 9. The lowest BCUT2D eigenvalue weighted by Gasteiger charge is -2.33. The van der Waals surface area contributed by atoms with Crippen LogP contribution in [0.2, 0.25) is 0 Å². The Morgan fingerprint density at radius 2 is 1.84 bits per heavy atom. The maximum Gasteiger partial charge on any atom is 0.275 e. The van der Waals surface area contributed by atoms with Crippen molar-refractivity contribution in [3.63, 3.8) is 0 Å². The Bertz CT molecular complexity index is 1400. The molecule has 0 bridgehead atoms. The van der Waals surface area contributed by atoms with Crippen LogP contribution in [0.25, 0.3) is 10.9 Å². The molecule has 37 heavy (non-hydrogen) atoms. The lowest BCUT2D eigenvalue weighted by molar-refractivity contribution is 0.0697. The summed E-state index contributed by atoms with van der Waals surface area (Å²) in [5, 5.41) is 8.35. The Balaban J connectivity index is 1.57. The summed E-state index contributed by atoms with van der Waals surface area (Å²) in [6.07, 6.45) is 0.553. The molecule has 2 aromatic carbocycles. The van der Waals surface area contributed by atoms with Crippen molar-refractivity contribution in [2.24, 2.45) is 7.05 Å². The minimum absolute atomic E-state index is 0.0266. The maximum atomic E-state index is 13.8. The molecule has 0 aliphatic heterocycles. The highest BCUT2D eigenvalue weighted by atomic mass is 16.5. The fraction of sp³-hybridized carbons (Fsp3) is 0.310. The van der Waals surface area contributed by atoms with E-state index in [4.69, 9.17) is 4.74 Å². The fourth-order valence-electron chi connectivity index (χ4n) is 4.69. The summed E-state index contributed by atoms with van der Waals surface area (Å²) in [5.41, 5.74) is 3.81. The number of ether oxygens (including phenoxy) is 1. The van der Waals surface area contributed by atoms with E-state index in [1.807, 2.05) is 57.4 Å². The average Bonchev–Trinajstić information content (AvgIpc) is 3.25. The molecule has 2 amide bonds. The van der Waals surface area contributed by atoms with Gasteiger partial charge in [0.15, 0.2) is 5.69 Å². The van der Waals surface area contributed by atoms with E-state index >= 15 is 0 Å². The normalized spacial score (nSPS) is 12.7. The molecule has 0 saturated heterocycles. The minimum Gasteiger partial charge on any atom is -0.481 e. The van der Waals surface area contributed by atoms with Gasteiger partial charge in [0, 0.05) is 44.1 Å². The van der Waals surface area contributed by atoms with Crippen LogP contribution in [0.15, 0.2) is 66.7 Å². The minimum atomic E-state index is -0.287. The molecule has 4 aromatic rings. The van der Waals surface area contributed by atoms with E-state index in [0.717, 1.165) is 22.0 Å². The molecule has 8 heteroatoms. The molecule has 4 rings (SSSR count). The number of carbonyl (C=O) groups excluding carboxylic acids is 2. The Morgan fingerprint density at radius 1 is 1.08 bits per heavy atom. The Hall–Kier alpha value is -4.20. The molecule has 1 N–H and O–H groups in total. The molecule has 0 fully saturated rings. The molecule has 192 valence electrons. The zero-order chi connectivity index (χ0) is 26.5. The standard InChI is InChI=1S/C29H33N5O3/c1-19-14-15-25-22(18-19)27(32-34(25)4)29(36)33(3)24(20(2)21-10-7-6-8-11-21)16-17-30-28(35)23-12-9-13-26(31-23)37-5/h6-15,18,20,24H,16-17H2,1-5H3,(H,30,35). The van der Waals surface area contributed by atoms with Crippen molar-refractivity contribution in [3.05, 3.63) is 89.2 Å². The summed E-state index contributed by atoms with van der Waals surface area (Å²) in [4.78, 5) is 32.5. The van der Waals surface area contributed by atoms with Crippen molar-refractivity contribution >= 4 is 22.7 Å². The number of amides is 2. The average molecular weight is 500 g/mol. The number of methoxy groups -OCH3 is 1. The van der Waals surface area contributed by atoms with Gasteiger partial charge in [-0.25, -0.2) is 4.98 Å². The lowest BCUT2D eigenvalue weighted by Crippen LogP contribution is -2.43. The van der Waals surface area contributed by atoms with Crippen LogP contribution in [0.4, 0.5) is 0 Å². The summed E-state index contributed by atoms with van der Waals surface area (Å²) < 4.78 is 6.87. The number of aryl methyl sites for hydroxylation is 2. The summed E-state index contributed by atoms with van der Waals surface area (Å²) in [5.74, 6) is -0.0277. The molecule has 0 spiro atoms. The molecular formula is C29H33N5O3. The van der Waals surface area contributed by atoms with E-state index in [-0.39, 0.29) is 29.5 Å². The largest absolute Gasteiger partial charge is 0.481 e. The summed E-state index contributed by atoms with van der Waals surface area (Å²) in [7, 11) is 5.17. The third kappa shape index (κ3) is 5.63. The van der Waals surface area contributed by atoms with Gasteiger partial charge in [-0.05, 0) is 37.1 Å². The third-order valence-corrected chi connectivity index (χ3v) is 6.82. The molecule has 2 heterocycles. The summed E-state index contributed by atoms with van der Waals surface area (Å²) >= 11 is 0. The number of pyridine rings is 1. The topological polar surface area (TPSA) is 89.4 Å². The van der Waals surface area contributed by atoms with E-state index in [0.29, 0.717) is 24.5 Å². The number of likely N-dealkylation sites (N-methyl/N-ethyl adjacent to an activating group) is 1. The molecule has 2 aromatic heterocycles. The molecule has 0 radical (unpaired) electrons. The first-order valence-electron chi connectivity index (χ1n) is 12.3. The SMILES string of the molecule is COc1cccc(C(=O)NCCC(C(C)c2ccccc2)N(C)C(=O)c2nn(C)c3ccc(C)cc23)n1. The summed E-state index contributed by atoms with van der Waals surface area (Å²) in [6, 6.07) is 21.0. The molecule has 0 aliphatic carbocycles. The van der Waals surface area contributed by atoms with Crippen LogP contribution in [0.3, 0.4) is 0 Å². The van der Waals surface area contributed by atoms with Gasteiger partial charge >= 0.3 is 0 Å². The van der Waals surface area contributed by atoms with Crippen molar-refractivity contribution in [1.29, 1.82) is 0 Å². The van der Waals surface area contributed by atoms with E-state index < -0.39 is 0 Å². The van der Waals surface area contributed by atoms with E-state index in [1.165, 1.54) is 7.11 Å². The van der Waals surface area contributed by atoms with Crippen LogP contribution in [-0.2, 0) is 7.05 Å². The Labute approximate surface area is 217 Å². The highest BCUT2D eigenvalue weighted by Gasteiger charge is 2.30. The van der Waals surface area contributed by atoms with Crippen molar-refractivity contribution in [1.82, 2.24) is 25.0 Å². The maximum absolute atomic E-state index is 13.8. The predicted octanol–water partition coefficient (Wildman–Crippen LogP) is 4.35. The van der Waals surface area contributed by atoms with Crippen LogP contribution >= 0.6 is 0 Å². The molecule has 2 atom stereocenters. The first-order valence-corrected chi connectivity index (χ1v) is 12.3. The molecular weight excluding hydrogens is 466 g/mol. The van der Waals surface area contributed by atoms with Gasteiger partial charge in [0.1, 0.15) is 5.69 Å². The molecule has 2 unspecified atom stereocenters. The van der Waals surface area contributed by atoms with Crippen LogP contribution in [-0.4, -0.2) is 58.2 Å². The number of nitrogens with one attached hydrogen (secondary N) is 1. The smallest absolute Gasteiger partial charge is 0.275 e. The number of hydrogen-bond acceptors (Lipinski definition) is 5. The molecule has 8 nitrogen and oxygen atoms in total. The second-order valence-corrected chi connectivity index (χ2v) is 9.29. The van der Waals surface area contributed by atoms with Gasteiger partial charge < -0.3 is 15.0 Å². The van der Waals surface area contributed by atoms with Gasteiger partial charge in [0.05, 0.1) is 12.6 Å². The van der Waals surface area contributed by atoms with Crippen LogP contribution in [0.1, 0.15) is 51.4 Å². The predicted molar refractivity (Wildman–Crippen MR) is 144 cm³/mol. The lowest BCUT2D eigenvalue weighted by atomic mass is 9.90. The van der Waals surface area contributed by atoms with Gasteiger partial charge in [-0.3, -0.25) is 14.3 Å². The Kier molecular flexibility index (Phi) is 7.86. The van der Waals surface area contributed by atoms with Crippen molar-refractivity contribution in [2.45, 2.75) is 32.2 Å². The van der Waals surface area contributed by atoms with Crippen LogP contribution in [0.5, 0.6) is 5.88 Å².